The number of hydrogen-bond donors (Lipinski definition) is 1. The number of carbonyl (C=O) groups excluding carboxylic acids is 1. The van der Waals surface area contributed by atoms with Gasteiger partial charge in [-0.2, -0.15) is 0 Å². The fourth-order valence-corrected chi connectivity index (χ4v) is 5.41. The maximum atomic E-state index is 13.3. The van der Waals surface area contributed by atoms with Crippen LogP contribution in [-0.4, -0.2) is 30.4 Å². The van der Waals surface area contributed by atoms with E-state index in [0.717, 1.165) is 52.6 Å². The molecule has 1 fully saturated rings. The molecular formula is C19H22N2O3S2. The van der Waals surface area contributed by atoms with E-state index in [1.807, 2.05) is 31.4 Å². The van der Waals surface area contributed by atoms with Crippen LogP contribution in [0.4, 0.5) is 5.13 Å². The van der Waals surface area contributed by atoms with E-state index in [0.29, 0.717) is 18.3 Å². The number of thiazole rings is 1. The smallest absolute Gasteiger partial charge is 0.236 e. The van der Waals surface area contributed by atoms with Crippen molar-refractivity contribution in [2.75, 3.05) is 24.8 Å². The second-order valence-electron chi connectivity index (χ2n) is 6.70. The van der Waals surface area contributed by atoms with Gasteiger partial charge in [-0.1, -0.05) is 30.2 Å². The number of anilines is 1. The Balaban J connectivity index is 1.64. The van der Waals surface area contributed by atoms with Crippen molar-refractivity contribution in [1.29, 1.82) is 0 Å². The molecule has 1 N–H and O–H groups in total. The van der Waals surface area contributed by atoms with E-state index in [2.05, 4.69) is 10.3 Å². The largest absolute Gasteiger partial charge is 0.486 e. The third kappa shape index (κ3) is 3.07. The SMILES string of the molecule is CSc1sc(NC(=O)C2(c3ccc4c(c3)OCCO4)CCCC2)nc1C. The zero-order chi connectivity index (χ0) is 18.1. The second-order valence-corrected chi connectivity index (χ2v) is 8.77. The zero-order valence-corrected chi connectivity index (χ0v) is 16.6. The van der Waals surface area contributed by atoms with Crippen LogP contribution in [0, 0.1) is 6.92 Å². The quantitative estimate of drug-likeness (QED) is 0.785. The van der Waals surface area contributed by atoms with Gasteiger partial charge < -0.3 is 14.8 Å². The summed E-state index contributed by atoms with van der Waals surface area (Å²) < 4.78 is 12.5. The number of aryl methyl sites for hydroxylation is 1. The molecule has 5 nitrogen and oxygen atoms in total. The van der Waals surface area contributed by atoms with Crippen molar-refractivity contribution in [2.45, 2.75) is 42.2 Å². The van der Waals surface area contributed by atoms with Crippen LogP contribution in [0.25, 0.3) is 0 Å². The van der Waals surface area contributed by atoms with Crippen molar-refractivity contribution in [1.82, 2.24) is 4.98 Å². The molecule has 2 aliphatic rings. The summed E-state index contributed by atoms with van der Waals surface area (Å²) in [6, 6.07) is 5.93. The van der Waals surface area contributed by atoms with E-state index < -0.39 is 5.41 Å². The predicted molar refractivity (Wildman–Crippen MR) is 105 cm³/mol. The molecule has 1 aliphatic carbocycles. The molecule has 0 saturated heterocycles. The molecule has 1 amide bonds. The third-order valence-electron chi connectivity index (χ3n) is 5.15. The van der Waals surface area contributed by atoms with Gasteiger partial charge in [-0.3, -0.25) is 4.79 Å². The molecule has 138 valence electrons. The van der Waals surface area contributed by atoms with Gasteiger partial charge in [0.2, 0.25) is 5.91 Å². The molecule has 7 heteroatoms. The van der Waals surface area contributed by atoms with Gasteiger partial charge in [-0.25, -0.2) is 4.98 Å². The van der Waals surface area contributed by atoms with Crippen LogP contribution in [0.1, 0.15) is 36.9 Å². The summed E-state index contributed by atoms with van der Waals surface area (Å²) in [5.41, 5.74) is 1.46. The van der Waals surface area contributed by atoms with E-state index in [1.54, 1.807) is 11.8 Å². The number of hydrogen-bond acceptors (Lipinski definition) is 6. The first-order chi connectivity index (χ1) is 12.6. The highest BCUT2D eigenvalue weighted by Crippen LogP contribution is 2.45. The Morgan fingerprint density at radius 2 is 1.96 bits per heavy atom. The molecule has 2 aromatic rings. The molecule has 2 heterocycles. The van der Waals surface area contributed by atoms with Crippen molar-refractivity contribution in [2.24, 2.45) is 0 Å². The minimum atomic E-state index is -0.519. The molecule has 0 spiro atoms. The van der Waals surface area contributed by atoms with Crippen molar-refractivity contribution in [3.05, 3.63) is 29.5 Å². The lowest BCUT2D eigenvalue weighted by Gasteiger charge is -2.29. The number of carbonyl (C=O) groups is 1. The number of amides is 1. The molecule has 0 radical (unpaired) electrons. The number of benzene rings is 1. The average Bonchev–Trinajstić information content (AvgIpc) is 3.28. The topological polar surface area (TPSA) is 60.5 Å². The van der Waals surface area contributed by atoms with Gasteiger partial charge in [-0.05, 0) is 43.7 Å². The molecule has 0 unspecified atom stereocenters. The molecule has 1 aromatic carbocycles. The first kappa shape index (κ1) is 17.7. The summed E-state index contributed by atoms with van der Waals surface area (Å²) in [6.07, 6.45) is 5.82. The van der Waals surface area contributed by atoms with Gasteiger partial charge in [0.05, 0.1) is 15.3 Å². The summed E-state index contributed by atoms with van der Waals surface area (Å²) in [7, 11) is 0. The number of ether oxygens (including phenoxy) is 2. The van der Waals surface area contributed by atoms with E-state index in [4.69, 9.17) is 9.47 Å². The number of nitrogens with zero attached hydrogens (tertiary/aromatic N) is 1. The molecular weight excluding hydrogens is 368 g/mol. The molecule has 1 aliphatic heterocycles. The fourth-order valence-electron chi connectivity index (χ4n) is 3.81. The predicted octanol–water partition coefficient (Wildman–Crippen LogP) is 4.40. The first-order valence-corrected chi connectivity index (χ1v) is 10.9. The molecule has 4 rings (SSSR count). The summed E-state index contributed by atoms with van der Waals surface area (Å²) in [5.74, 6) is 1.53. The Morgan fingerprint density at radius 1 is 1.23 bits per heavy atom. The van der Waals surface area contributed by atoms with E-state index >= 15 is 0 Å². The zero-order valence-electron chi connectivity index (χ0n) is 15.0. The van der Waals surface area contributed by atoms with E-state index in [9.17, 15) is 4.79 Å². The Kier molecular flexibility index (Phi) is 4.84. The van der Waals surface area contributed by atoms with Gasteiger partial charge >= 0.3 is 0 Å². The number of thioether (sulfide) groups is 1. The van der Waals surface area contributed by atoms with Crippen molar-refractivity contribution >= 4 is 34.1 Å². The van der Waals surface area contributed by atoms with Crippen LogP contribution in [-0.2, 0) is 10.2 Å². The van der Waals surface area contributed by atoms with Crippen LogP contribution < -0.4 is 14.8 Å². The molecule has 26 heavy (non-hydrogen) atoms. The maximum absolute atomic E-state index is 13.3. The highest BCUT2D eigenvalue weighted by molar-refractivity contribution is 8.00. The van der Waals surface area contributed by atoms with Crippen molar-refractivity contribution in [3.63, 3.8) is 0 Å². The van der Waals surface area contributed by atoms with Gasteiger partial charge in [0.1, 0.15) is 13.2 Å². The summed E-state index contributed by atoms with van der Waals surface area (Å²) in [6.45, 7) is 3.09. The van der Waals surface area contributed by atoms with Gasteiger partial charge in [0.25, 0.3) is 0 Å². The van der Waals surface area contributed by atoms with Crippen LogP contribution >= 0.6 is 23.1 Å². The van der Waals surface area contributed by atoms with Crippen LogP contribution in [0.5, 0.6) is 11.5 Å². The minimum Gasteiger partial charge on any atom is -0.486 e. The molecule has 1 aromatic heterocycles. The minimum absolute atomic E-state index is 0.0353. The van der Waals surface area contributed by atoms with Crippen LogP contribution in [0.2, 0.25) is 0 Å². The van der Waals surface area contributed by atoms with Crippen LogP contribution in [0.3, 0.4) is 0 Å². The normalized spacial score (nSPS) is 17.9. The summed E-state index contributed by atoms with van der Waals surface area (Å²) in [4.78, 5) is 17.8. The molecule has 1 saturated carbocycles. The van der Waals surface area contributed by atoms with E-state index in [1.165, 1.54) is 11.3 Å². The monoisotopic (exact) mass is 390 g/mol. The number of nitrogens with one attached hydrogen (secondary N) is 1. The maximum Gasteiger partial charge on any atom is 0.236 e. The van der Waals surface area contributed by atoms with Gasteiger partial charge in [0.15, 0.2) is 16.6 Å². The van der Waals surface area contributed by atoms with Crippen LogP contribution in [0.15, 0.2) is 22.4 Å². The molecule has 0 atom stereocenters. The van der Waals surface area contributed by atoms with Gasteiger partial charge in [-0.15, -0.1) is 11.8 Å². The Bertz CT molecular complexity index is 828. The number of rotatable bonds is 4. The van der Waals surface area contributed by atoms with Crippen molar-refractivity contribution < 1.29 is 14.3 Å². The Labute approximate surface area is 161 Å². The number of fused-ring (bicyclic) bond motifs is 1. The van der Waals surface area contributed by atoms with Crippen molar-refractivity contribution in [3.8, 4) is 11.5 Å². The lowest BCUT2D eigenvalue weighted by molar-refractivity contribution is -0.121. The highest BCUT2D eigenvalue weighted by atomic mass is 32.2. The second kappa shape index (κ2) is 7.12. The Hall–Kier alpha value is -1.73. The third-order valence-corrected chi connectivity index (χ3v) is 7.43. The lowest BCUT2D eigenvalue weighted by Crippen LogP contribution is -2.38. The number of aromatic nitrogens is 1. The fraction of sp³-hybridized carbons (Fsp3) is 0.474. The Morgan fingerprint density at radius 3 is 2.65 bits per heavy atom. The highest BCUT2D eigenvalue weighted by Gasteiger charge is 2.43. The molecule has 0 bridgehead atoms. The standard InChI is InChI=1S/C19H22N2O3S2/c1-12-16(25-2)26-18(20-12)21-17(22)19(7-3-4-8-19)13-5-6-14-15(11-13)24-10-9-23-14/h5-6,11H,3-4,7-10H2,1-2H3,(H,20,21,22). The first-order valence-electron chi connectivity index (χ1n) is 8.85. The van der Waals surface area contributed by atoms with E-state index in [-0.39, 0.29) is 5.91 Å². The lowest BCUT2D eigenvalue weighted by atomic mass is 9.78. The summed E-state index contributed by atoms with van der Waals surface area (Å²) in [5, 5.41) is 3.76. The van der Waals surface area contributed by atoms with Gasteiger partial charge in [0, 0.05) is 0 Å². The average molecular weight is 391 g/mol. The summed E-state index contributed by atoms with van der Waals surface area (Å²) >= 11 is 3.20.